The zero-order valence-electron chi connectivity index (χ0n) is 15.2. The normalized spacial score (nSPS) is 12.7. The zero-order chi connectivity index (χ0) is 17.6. The van der Waals surface area contributed by atoms with Crippen molar-refractivity contribution in [1.82, 2.24) is 15.6 Å². The third-order valence-corrected chi connectivity index (χ3v) is 6.12. The smallest absolute Gasteiger partial charge is 0.191 e. The van der Waals surface area contributed by atoms with Crippen molar-refractivity contribution in [2.24, 2.45) is 4.99 Å². The maximum absolute atomic E-state index is 4.68. The number of rotatable bonds is 7. The van der Waals surface area contributed by atoms with Gasteiger partial charge in [0.15, 0.2) is 5.96 Å². The third-order valence-electron chi connectivity index (χ3n) is 3.69. The van der Waals surface area contributed by atoms with Crippen molar-refractivity contribution in [3.63, 3.8) is 0 Å². The van der Waals surface area contributed by atoms with Crippen molar-refractivity contribution >= 4 is 28.6 Å². The van der Waals surface area contributed by atoms with Crippen molar-refractivity contribution in [2.45, 2.75) is 52.5 Å². The Bertz CT molecular complexity index is 642. The van der Waals surface area contributed by atoms with E-state index >= 15 is 0 Å². The molecule has 0 aliphatic heterocycles. The Hall–Kier alpha value is -1.40. The van der Waals surface area contributed by atoms with Crippen LogP contribution >= 0.6 is 22.7 Å². The largest absolute Gasteiger partial charge is 0.357 e. The number of hydrogen-bond acceptors (Lipinski definition) is 4. The summed E-state index contributed by atoms with van der Waals surface area (Å²) < 4.78 is 0. The Morgan fingerprint density at radius 1 is 1.29 bits per heavy atom. The van der Waals surface area contributed by atoms with Crippen LogP contribution in [0.1, 0.15) is 56.1 Å². The summed E-state index contributed by atoms with van der Waals surface area (Å²) in [4.78, 5) is 10.7. The summed E-state index contributed by atoms with van der Waals surface area (Å²) in [7, 11) is 0. The number of nitrogens with one attached hydrogen (secondary N) is 2. The summed E-state index contributed by atoms with van der Waals surface area (Å²) in [6.45, 7) is 13.2. The molecule has 0 amide bonds. The van der Waals surface area contributed by atoms with E-state index in [2.05, 4.69) is 78.1 Å². The van der Waals surface area contributed by atoms with E-state index in [9.17, 15) is 0 Å². The molecule has 0 aromatic carbocycles. The molecule has 0 saturated heterocycles. The molecule has 2 aromatic heterocycles. The highest BCUT2D eigenvalue weighted by Crippen LogP contribution is 2.26. The third kappa shape index (κ3) is 5.31. The van der Waals surface area contributed by atoms with Crippen LogP contribution in [-0.2, 0) is 12.0 Å². The van der Waals surface area contributed by atoms with Gasteiger partial charge in [0.1, 0.15) is 0 Å². The number of aromatic nitrogens is 1. The standard InChI is InChI=1S/C18H28N4S2/c1-6-19-17(20-10-14-11-24-16(22-14)13(2)3)21-12-18(4,5)15-8-7-9-23-15/h7-9,11,13H,6,10,12H2,1-5H3,(H2,19,20,21). The van der Waals surface area contributed by atoms with Gasteiger partial charge in [-0.25, -0.2) is 9.98 Å². The van der Waals surface area contributed by atoms with Gasteiger partial charge in [0.05, 0.1) is 17.2 Å². The van der Waals surface area contributed by atoms with Crippen LogP contribution in [0.25, 0.3) is 0 Å². The van der Waals surface area contributed by atoms with Gasteiger partial charge < -0.3 is 10.6 Å². The molecule has 24 heavy (non-hydrogen) atoms. The van der Waals surface area contributed by atoms with Crippen LogP contribution in [0.3, 0.4) is 0 Å². The molecular weight excluding hydrogens is 336 g/mol. The number of thiophene rings is 1. The summed E-state index contributed by atoms with van der Waals surface area (Å²) >= 11 is 3.52. The average Bonchev–Trinajstić information content (AvgIpc) is 3.21. The maximum atomic E-state index is 4.68. The second-order valence-electron chi connectivity index (χ2n) is 6.74. The van der Waals surface area contributed by atoms with Crippen LogP contribution < -0.4 is 10.6 Å². The van der Waals surface area contributed by atoms with E-state index in [1.54, 1.807) is 22.7 Å². The van der Waals surface area contributed by atoms with Crippen molar-refractivity contribution in [3.8, 4) is 0 Å². The van der Waals surface area contributed by atoms with E-state index in [1.807, 2.05) is 0 Å². The lowest BCUT2D eigenvalue weighted by Gasteiger charge is -2.25. The second-order valence-corrected chi connectivity index (χ2v) is 8.58. The lowest BCUT2D eigenvalue weighted by atomic mass is 9.91. The lowest BCUT2D eigenvalue weighted by Crippen LogP contribution is -2.43. The van der Waals surface area contributed by atoms with Gasteiger partial charge in [-0.2, -0.15) is 0 Å². The van der Waals surface area contributed by atoms with Crippen LogP contribution in [0.2, 0.25) is 0 Å². The second kappa shape index (κ2) is 8.62. The van der Waals surface area contributed by atoms with Gasteiger partial charge in [-0.3, -0.25) is 0 Å². The fourth-order valence-corrected chi connectivity index (χ4v) is 3.90. The summed E-state index contributed by atoms with van der Waals surface area (Å²) in [5.74, 6) is 1.33. The summed E-state index contributed by atoms with van der Waals surface area (Å²) in [5, 5.41) is 12.2. The highest BCUT2D eigenvalue weighted by atomic mass is 32.1. The van der Waals surface area contributed by atoms with Crippen LogP contribution in [0.4, 0.5) is 0 Å². The van der Waals surface area contributed by atoms with Gasteiger partial charge in [-0.1, -0.05) is 33.8 Å². The predicted octanol–water partition coefficient (Wildman–Crippen LogP) is 4.36. The minimum absolute atomic E-state index is 0.0792. The van der Waals surface area contributed by atoms with Gasteiger partial charge in [0, 0.05) is 34.7 Å². The van der Waals surface area contributed by atoms with Gasteiger partial charge in [-0.05, 0) is 18.4 Å². The molecular formula is C18H28N4S2. The topological polar surface area (TPSA) is 49.3 Å². The Morgan fingerprint density at radius 3 is 2.67 bits per heavy atom. The SMILES string of the molecule is CCNC(=NCc1csc(C(C)C)n1)NCC(C)(C)c1cccs1. The molecule has 132 valence electrons. The molecule has 2 N–H and O–H groups in total. The number of guanidine groups is 1. The first-order valence-electron chi connectivity index (χ1n) is 8.43. The molecule has 0 atom stereocenters. The highest BCUT2D eigenvalue weighted by molar-refractivity contribution is 7.10. The molecule has 0 radical (unpaired) electrons. The lowest BCUT2D eigenvalue weighted by molar-refractivity contribution is 0.518. The highest BCUT2D eigenvalue weighted by Gasteiger charge is 2.21. The first-order valence-corrected chi connectivity index (χ1v) is 10.2. The average molecular weight is 365 g/mol. The van der Waals surface area contributed by atoms with E-state index in [1.165, 1.54) is 9.88 Å². The molecule has 0 aliphatic carbocycles. The van der Waals surface area contributed by atoms with Gasteiger partial charge in [0.2, 0.25) is 0 Å². The van der Waals surface area contributed by atoms with Crippen LogP contribution in [0.5, 0.6) is 0 Å². The summed E-state index contributed by atoms with van der Waals surface area (Å²) in [6, 6.07) is 4.30. The van der Waals surface area contributed by atoms with Crippen molar-refractivity contribution < 1.29 is 0 Å². The molecule has 0 fully saturated rings. The van der Waals surface area contributed by atoms with E-state index in [4.69, 9.17) is 0 Å². The molecule has 0 unspecified atom stereocenters. The van der Waals surface area contributed by atoms with Crippen molar-refractivity contribution in [3.05, 3.63) is 38.5 Å². The number of hydrogen-bond donors (Lipinski definition) is 2. The first kappa shape index (κ1) is 18.9. The molecule has 2 rings (SSSR count). The predicted molar refractivity (Wildman–Crippen MR) is 106 cm³/mol. The van der Waals surface area contributed by atoms with Crippen LogP contribution in [0.15, 0.2) is 27.9 Å². The summed E-state index contributed by atoms with van der Waals surface area (Å²) in [6.07, 6.45) is 0. The number of aliphatic imine (C=N–C) groups is 1. The van der Waals surface area contributed by atoms with Crippen molar-refractivity contribution in [1.29, 1.82) is 0 Å². The number of thiazole rings is 1. The minimum atomic E-state index is 0.0792. The van der Waals surface area contributed by atoms with E-state index in [-0.39, 0.29) is 5.41 Å². The fourth-order valence-electron chi connectivity index (χ4n) is 2.22. The molecule has 6 heteroatoms. The molecule has 2 heterocycles. The minimum Gasteiger partial charge on any atom is -0.357 e. The molecule has 2 aromatic rings. The Kier molecular flexibility index (Phi) is 6.80. The fraction of sp³-hybridized carbons (Fsp3) is 0.556. The van der Waals surface area contributed by atoms with Crippen molar-refractivity contribution in [2.75, 3.05) is 13.1 Å². The van der Waals surface area contributed by atoms with E-state index in [0.717, 1.165) is 24.7 Å². The number of nitrogens with zero attached hydrogens (tertiary/aromatic N) is 2. The molecule has 4 nitrogen and oxygen atoms in total. The van der Waals surface area contributed by atoms with Gasteiger partial charge in [-0.15, -0.1) is 22.7 Å². The molecule has 0 spiro atoms. The quantitative estimate of drug-likeness (QED) is 0.567. The van der Waals surface area contributed by atoms with Crippen LogP contribution in [0, 0.1) is 0 Å². The Morgan fingerprint density at radius 2 is 2.08 bits per heavy atom. The first-order chi connectivity index (χ1) is 11.4. The Labute approximate surface area is 153 Å². The summed E-state index contributed by atoms with van der Waals surface area (Å²) in [5.41, 5.74) is 1.12. The maximum Gasteiger partial charge on any atom is 0.191 e. The van der Waals surface area contributed by atoms with Crippen LogP contribution in [-0.4, -0.2) is 24.0 Å². The zero-order valence-corrected chi connectivity index (χ0v) is 16.9. The monoisotopic (exact) mass is 364 g/mol. The molecule has 0 aliphatic rings. The van der Waals surface area contributed by atoms with Gasteiger partial charge >= 0.3 is 0 Å². The van der Waals surface area contributed by atoms with Gasteiger partial charge in [0.25, 0.3) is 0 Å². The van der Waals surface area contributed by atoms with E-state index in [0.29, 0.717) is 12.5 Å². The Balaban J connectivity index is 1.97. The molecule has 0 saturated carbocycles. The molecule has 0 bridgehead atoms. The van der Waals surface area contributed by atoms with E-state index < -0.39 is 0 Å².